The van der Waals surface area contributed by atoms with Gasteiger partial charge < -0.3 is 9.80 Å². The number of H-pyrrole nitrogens is 1. The number of aromatic nitrogens is 2. The molecule has 3 aromatic rings. The Morgan fingerprint density at radius 2 is 1.74 bits per heavy atom. The maximum atomic E-state index is 11.0. The Balaban J connectivity index is 1.59. The number of nitrogens with one attached hydrogen (secondary N) is 1. The normalized spacial score (nSPS) is 14.1. The summed E-state index contributed by atoms with van der Waals surface area (Å²) in [6, 6.07) is 18.4. The third kappa shape index (κ3) is 3.48. The number of aromatic amines is 1. The summed E-state index contributed by atoms with van der Waals surface area (Å²) in [5.41, 5.74) is 4.64. The second-order valence-electron chi connectivity index (χ2n) is 6.65. The van der Waals surface area contributed by atoms with Crippen molar-refractivity contribution in [1.29, 1.82) is 0 Å². The molecule has 0 amide bonds. The molecule has 6 heteroatoms. The smallest absolute Gasteiger partial charge is 0.240 e. The molecule has 1 fully saturated rings. The topological polar surface area (TPSA) is 64.6 Å². The molecule has 136 valence electrons. The van der Waals surface area contributed by atoms with Crippen molar-refractivity contribution in [2.75, 3.05) is 36.0 Å². The van der Waals surface area contributed by atoms with Crippen molar-refractivity contribution in [3.8, 4) is 11.3 Å². The van der Waals surface area contributed by atoms with E-state index < -0.39 is 0 Å². The zero-order valence-electron chi connectivity index (χ0n) is 15.2. The first-order valence-corrected chi connectivity index (χ1v) is 9.04. The van der Waals surface area contributed by atoms with E-state index in [0.29, 0.717) is 11.5 Å². The number of hydrogen-bond acceptors (Lipinski definition) is 5. The maximum absolute atomic E-state index is 11.0. The van der Waals surface area contributed by atoms with Crippen molar-refractivity contribution in [1.82, 2.24) is 10.2 Å². The maximum Gasteiger partial charge on any atom is 0.240 e. The van der Waals surface area contributed by atoms with E-state index in [2.05, 4.69) is 55.3 Å². The van der Waals surface area contributed by atoms with Gasteiger partial charge in [0.1, 0.15) is 5.69 Å². The van der Waals surface area contributed by atoms with Crippen LogP contribution in [-0.4, -0.2) is 42.5 Å². The lowest BCUT2D eigenvalue weighted by Crippen LogP contribution is -2.46. The molecule has 0 radical (unpaired) electrons. The average molecular weight is 359 g/mol. The summed E-state index contributed by atoms with van der Waals surface area (Å²) in [5.74, 6) is 0.711. The van der Waals surface area contributed by atoms with E-state index in [4.69, 9.17) is 0 Å². The third-order valence-corrected chi connectivity index (χ3v) is 4.89. The van der Waals surface area contributed by atoms with Crippen LogP contribution in [0.25, 0.3) is 11.3 Å². The number of hydrogen-bond donors (Lipinski definition) is 1. The molecule has 0 bridgehead atoms. The van der Waals surface area contributed by atoms with Gasteiger partial charge in [0.05, 0.1) is 5.69 Å². The van der Waals surface area contributed by atoms with Crippen LogP contribution < -0.4 is 9.80 Å². The molecule has 2 heterocycles. The van der Waals surface area contributed by atoms with Crippen LogP contribution in [0.2, 0.25) is 0 Å². The van der Waals surface area contributed by atoms with Gasteiger partial charge in [0, 0.05) is 37.4 Å². The lowest BCUT2D eigenvalue weighted by atomic mass is 10.1. The fraction of sp³-hybridized carbons (Fsp3) is 0.238. The first kappa shape index (κ1) is 17.1. The molecular weight excluding hydrogens is 338 g/mol. The van der Waals surface area contributed by atoms with Crippen molar-refractivity contribution in [2.24, 2.45) is 4.99 Å². The zero-order chi connectivity index (χ0) is 18.6. The van der Waals surface area contributed by atoms with E-state index >= 15 is 0 Å². The van der Waals surface area contributed by atoms with Crippen molar-refractivity contribution >= 4 is 23.3 Å². The van der Waals surface area contributed by atoms with Crippen LogP contribution in [0.1, 0.15) is 5.56 Å². The van der Waals surface area contributed by atoms with Gasteiger partial charge in [-0.15, -0.1) is 0 Å². The Hall–Kier alpha value is -3.37. The second kappa shape index (κ2) is 7.48. The SMILES string of the molecule is Cc1cccc(-c2[nH]nc(N3CCN(c4ccccc4)CC3)c2N=C=O)c1. The van der Waals surface area contributed by atoms with Gasteiger partial charge in [-0.05, 0) is 25.1 Å². The Kier molecular flexibility index (Phi) is 4.73. The van der Waals surface area contributed by atoms with Gasteiger partial charge in [-0.3, -0.25) is 5.10 Å². The summed E-state index contributed by atoms with van der Waals surface area (Å²) in [7, 11) is 0. The summed E-state index contributed by atoms with van der Waals surface area (Å²) >= 11 is 0. The molecule has 1 N–H and O–H groups in total. The highest BCUT2D eigenvalue weighted by molar-refractivity contribution is 5.83. The predicted molar refractivity (Wildman–Crippen MR) is 107 cm³/mol. The van der Waals surface area contributed by atoms with Gasteiger partial charge in [-0.25, -0.2) is 4.79 Å². The van der Waals surface area contributed by atoms with Crippen molar-refractivity contribution in [2.45, 2.75) is 6.92 Å². The Morgan fingerprint density at radius 1 is 1.00 bits per heavy atom. The van der Waals surface area contributed by atoms with Crippen molar-refractivity contribution in [3.05, 3.63) is 60.2 Å². The molecule has 6 nitrogen and oxygen atoms in total. The second-order valence-corrected chi connectivity index (χ2v) is 6.65. The summed E-state index contributed by atoms with van der Waals surface area (Å²) < 4.78 is 0. The summed E-state index contributed by atoms with van der Waals surface area (Å²) in [4.78, 5) is 19.5. The molecular formula is C21H21N5O. The monoisotopic (exact) mass is 359 g/mol. The molecule has 1 saturated heterocycles. The molecule has 0 spiro atoms. The van der Waals surface area contributed by atoms with Crippen LogP contribution >= 0.6 is 0 Å². The number of rotatable bonds is 4. The highest BCUT2D eigenvalue weighted by atomic mass is 16.1. The van der Waals surface area contributed by atoms with E-state index in [0.717, 1.165) is 43.0 Å². The minimum Gasteiger partial charge on any atom is -0.368 e. The van der Waals surface area contributed by atoms with E-state index in [1.54, 1.807) is 6.08 Å². The Labute approximate surface area is 158 Å². The molecule has 4 rings (SSSR count). The Morgan fingerprint density at radius 3 is 2.44 bits per heavy atom. The molecule has 0 aliphatic carbocycles. The van der Waals surface area contributed by atoms with Crippen LogP contribution in [0.15, 0.2) is 59.6 Å². The van der Waals surface area contributed by atoms with E-state index in [1.807, 2.05) is 31.2 Å². The van der Waals surface area contributed by atoms with Crippen LogP contribution in [0.5, 0.6) is 0 Å². The third-order valence-electron chi connectivity index (χ3n) is 4.89. The fourth-order valence-corrected chi connectivity index (χ4v) is 3.52. The predicted octanol–water partition coefficient (Wildman–Crippen LogP) is 3.68. The first-order chi connectivity index (χ1) is 13.3. The number of piperazine rings is 1. The van der Waals surface area contributed by atoms with Crippen LogP contribution in [0.3, 0.4) is 0 Å². The number of anilines is 2. The highest BCUT2D eigenvalue weighted by Crippen LogP contribution is 2.37. The van der Waals surface area contributed by atoms with Gasteiger partial charge in [-0.2, -0.15) is 10.1 Å². The van der Waals surface area contributed by atoms with Crippen molar-refractivity contribution < 1.29 is 4.79 Å². The minimum absolute atomic E-state index is 0.559. The molecule has 0 saturated carbocycles. The molecule has 0 unspecified atom stereocenters. The van der Waals surface area contributed by atoms with E-state index in [-0.39, 0.29) is 0 Å². The van der Waals surface area contributed by atoms with Gasteiger partial charge in [-0.1, -0.05) is 42.0 Å². The molecule has 0 atom stereocenters. The van der Waals surface area contributed by atoms with Gasteiger partial charge in [0.25, 0.3) is 0 Å². The Bertz CT molecular complexity index is 967. The molecule has 1 aromatic heterocycles. The average Bonchev–Trinajstić information content (AvgIpc) is 3.13. The van der Waals surface area contributed by atoms with Crippen LogP contribution in [-0.2, 0) is 4.79 Å². The number of para-hydroxylation sites is 1. The number of aliphatic imine (C=N–C) groups is 1. The number of isocyanates is 1. The fourth-order valence-electron chi connectivity index (χ4n) is 3.52. The van der Waals surface area contributed by atoms with Crippen LogP contribution in [0, 0.1) is 6.92 Å². The number of aryl methyl sites for hydroxylation is 1. The first-order valence-electron chi connectivity index (χ1n) is 9.04. The van der Waals surface area contributed by atoms with Gasteiger partial charge in [0.2, 0.25) is 6.08 Å². The molecule has 1 aliphatic heterocycles. The van der Waals surface area contributed by atoms with E-state index in [9.17, 15) is 4.79 Å². The molecule has 1 aliphatic rings. The van der Waals surface area contributed by atoms with Crippen molar-refractivity contribution in [3.63, 3.8) is 0 Å². The number of nitrogens with zero attached hydrogens (tertiary/aromatic N) is 4. The largest absolute Gasteiger partial charge is 0.368 e. The molecule has 27 heavy (non-hydrogen) atoms. The van der Waals surface area contributed by atoms with Gasteiger partial charge >= 0.3 is 0 Å². The quantitative estimate of drug-likeness (QED) is 0.570. The summed E-state index contributed by atoms with van der Waals surface area (Å²) in [5, 5.41) is 7.54. The number of benzene rings is 2. The summed E-state index contributed by atoms with van der Waals surface area (Å²) in [6.45, 7) is 5.44. The zero-order valence-corrected chi connectivity index (χ0v) is 15.2. The lowest BCUT2D eigenvalue weighted by Gasteiger charge is -2.36. The minimum atomic E-state index is 0.559. The lowest BCUT2D eigenvalue weighted by molar-refractivity contribution is 0.565. The van der Waals surface area contributed by atoms with Crippen LogP contribution in [0.4, 0.5) is 17.2 Å². The van der Waals surface area contributed by atoms with Gasteiger partial charge in [0.15, 0.2) is 5.82 Å². The highest BCUT2D eigenvalue weighted by Gasteiger charge is 2.24. The summed E-state index contributed by atoms with van der Waals surface area (Å²) in [6.07, 6.45) is 1.69. The molecule has 2 aromatic carbocycles. The van der Waals surface area contributed by atoms with E-state index in [1.165, 1.54) is 5.69 Å². The number of carbonyl (C=O) groups excluding carboxylic acids is 1. The standard InChI is InChI=1S/C21H21N5O/c1-16-6-5-7-17(14-16)19-20(22-15-27)21(24-23-19)26-12-10-25(11-13-26)18-8-3-2-4-9-18/h2-9,14H,10-13H2,1H3,(H,23,24).